The molecule has 9 heteroatoms. The minimum atomic E-state index is -0.176. The summed E-state index contributed by atoms with van der Waals surface area (Å²) in [6.07, 6.45) is 1.68. The molecule has 4 aromatic rings. The van der Waals surface area contributed by atoms with Crippen LogP contribution in [0, 0.1) is 5.92 Å². The predicted octanol–water partition coefficient (Wildman–Crippen LogP) is 6.26. The molecular formula is C32H35ClN3O5. The quantitative estimate of drug-likeness (QED) is 0.174. The fraction of sp³-hybridized carbons (Fsp3) is 0.344. The standard InChI is InChI=1S/C32H35ClN3O5/c1-20(16-23-12-14-28(40-4)32(41-5)31(23)33)10-15-30(38)34-18-29-35-25-8-6-7-9-26(25)36(29)19-24-17-22(21(2)37)11-13-27(24)39-3/h6-9,11-14,17,20H,10,15-16,18-19H2,1-5H3. The Morgan fingerprint density at radius 3 is 2.41 bits per heavy atom. The van der Waals surface area contributed by atoms with Crippen LogP contribution in [-0.4, -0.2) is 42.6 Å². The predicted molar refractivity (Wildman–Crippen MR) is 159 cm³/mol. The average Bonchev–Trinajstić information content (AvgIpc) is 3.32. The summed E-state index contributed by atoms with van der Waals surface area (Å²) in [7, 11) is 4.74. The second kappa shape index (κ2) is 13.5. The van der Waals surface area contributed by atoms with E-state index in [-0.39, 0.29) is 24.2 Å². The number of hydrogen-bond acceptors (Lipinski definition) is 6. The summed E-state index contributed by atoms with van der Waals surface area (Å²) in [5.41, 5.74) is 4.13. The number of carbonyl (C=O) groups is 2. The summed E-state index contributed by atoms with van der Waals surface area (Å²) in [5.74, 6) is 2.45. The number of ether oxygens (including phenoxy) is 3. The maximum absolute atomic E-state index is 12.8. The van der Waals surface area contributed by atoms with Crippen molar-refractivity contribution in [1.29, 1.82) is 0 Å². The summed E-state index contributed by atoms with van der Waals surface area (Å²) in [4.78, 5) is 29.6. The van der Waals surface area contributed by atoms with E-state index in [4.69, 9.17) is 30.8 Å². The Balaban J connectivity index is 1.43. The molecule has 3 aromatic carbocycles. The van der Waals surface area contributed by atoms with Gasteiger partial charge in [-0.1, -0.05) is 36.7 Å². The minimum Gasteiger partial charge on any atom is -0.496 e. The molecule has 8 nitrogen and oxygen atoms in total. The third-order valence-corrected chi connectivity index (χ3v) is 7.54. The van der Waals surface area contributed by atoms with Crippen molar-refractivity contribution in [1.82, 2.24) is 14.9 Å². The molecule has 1 radical (unpaired) electrons. The molecule has 0 bridgehead atoms. The first-order chi connectivity index (χ1) is 19.7. The molecule has 41 heavy (non-hydrogen) atoms. The first-order valence-corrected chi connectivity index (χ1v) is 13.8. The first-order valence-electron chi connectivity index (χ1n) is 13.5. The van der Waals surface area contributed by atoms with Crippen molar-refractivity contribution >= 4 is 34.3 Å². The Morgan fingerprint density at radius 2 is 1.71 bits per heavy atom. The van der Waals surface area contributed by atoms with E-state index >= 15 is 0 Å². The highest BCUT2D eigenvalue weighted by atomic mass is 35.5. The van der Waals surface area contributed by atoms with E-state index in [1.165, 1.54) is 6.92 Å². The van der Waals surface area contributed by atoms with Gasteiger partial charge in [0.2, 0.25) is 5.91 Å². The molecule has 1 amide bonds. The molecule has 0 saturated heterocycles. The summed E-state index contributed by atoms with van der Waals surface area (Å²) in [6, 6.07) is 17.0. The van der Waals surface area contributed by atoms with Gasteiger partial charge in [-0.25, -0.2) is 10.3 Å². The lowest BCUT2D eigenvalue weighted by molar-refractivity contribution is -0.121. The first kappa shape index (κ1) is 29.9. The largest absolute Gasteiger partial charge is 0.496 e. The lowest BCUT2D eigenvalue weighted by Crippen LogP contribution is -2.19. The van der Waals surface area contributed by atoms with Crippen LogP contribution in [0.2, 0.25) is 5.02 Å². The molecule has 0 N–H and O–H groups in total. The van der Waals surface area contributed by atoms with Crippen LogP contribution in [0.5, 0.6) is 17.2 Å². The summed E-state index contributed by atoms with van der Waals surface area (Å²) < 4.78 is 18.3. The summed E-state index contributed by atoms with van der Waals surface area (Å²) in [5, 5.41) is 4.88. The van der Waals surface area contributed by atoms with Crippen LogP contribution in [-0.2, 0) is 24.3 Å². The number of methoxy groups -OCH3 is 3. The Bertz CT molecular complexity index is 1550. The number of para-hydroxylation sites is 2. The summed E-state index contributed by atoms with van der Waals surface area (Å²) in [6.45, 7) is 4.20. The smallest absolute Gasteiger partial charge is 0.241 e. The van der Waals surface area contributed by atoms with Gasteiger partial charge in [0, 0.05) is 17.5 Å². The molecule has 1 aromatic heterocycles. The number of Topliss-reactive ketones (excluding diaryl/α,β-unsaturated/α-hetero) is 1. The average molecular weight is 577 g/mol. The number of fused-ring (bicyclic) bond motifs is 1. The van der Waals surface area contributed by atoms with Gasteiger partial charge in [0.25, 0.3) is 0 Å². The van der Waals surface area contributed by atoms with Gasteiger partial charge >= 0.3 is 0 Å². The van der Waals surface area contributed by atoms with Crippen molar-refractivity contribution in [2.24, 2.45) is 5.92 Å². The molecule has 1 unspecified atom stereocenters. The SMILES string of the molecule is COc1ccc(C(C)=O)cc1Cn1c(C[N]C(=O)CCC(C)Cc2ccc(OC)c(OC)c2Cl)nc2ccccc21. The highest BCUT2D eigenvalue weighted by Gasteiger charge is 2.18. The van der Waals surface area contributed by atoms with Crippen molar-refractivity contribution in [2.45, 2.75) is 46.2 Å². The number of ketones is 1. The molecule has 4 rings (SSSR count). The Hall–Kier alpha value is -4.04. The van der Waals surface area contributed by atoms with Gasteiger partial charge < -0.3 is 18.8 Å². The van der Waals surface area contributed by atoms with Gasteiger partial charge in [0.1, 0.15) is 18.1 Å². The zero-order valence-corrected chi connectivity index (χ0v) is 24.8. The van der Waals surface area contributed by atoms with E-state index in [2.05, 4.69) is 12.2 Å². The third kappa shape index (κ3) is 7.00. The number of aromatic nitrogens is 2. The van der Waals surface area contributed by atoms with Crippen LogP contribution in [0.15, 0.2) is 54.6 Å². The fourth-order valence-corrected chi connectivity index (χ4v) is 5.20. The maximum Gasteiger partial charge on any atom is 0.241 e. The maximum atomic E-state index is 12.8. The molecule has 1 heterocycles. The second-order valence-electron chi connectivity index (χ2n) is 10.0. The van der Waals surface area contributed by atoms with E-state index in [0.29, 0.717) is 59.5 Å². The zero-order valence-electron chi connectivity index (χ0n) is 24.1. The van der Waals surface area contributed by atoms with E-state index in [1.807, 2.05) is 47.0 Å². The van der Waals surface area contributed by atoms with Crippen LogP contribution < -0.4 is 19.5 Å². The molecule has 0 fully saturated rings. The van der Waals surface area contributed by atoms with Gasteiger partial charge in [0.05, 0.1) is 43.9 Å². The molecule has 0 aliphatic carbocycles. The van der Waals surface area contributed by atoms with Gasteiger partial charge in [-0.05, 0) is 67.6 Å². The lowest BCUT2D eigenvalue weighted by atomic mass is 9.96. The number of benzene rings is 3. The van der Waals surface area contributed by atoms with E-state index in [1.54, 1.807) is 33.5 Å². The monoisotopic (exact) mass is 576 g/mol. The van der Waals surface area contributed by atoms with Crippen LogP contribution in [0.3, 0.4) is 0 Å². The van der Waals surface area contributed by atoms with Crippen LogP contribution in [0.4, 0.5) is 0 Å². The molecule has 0 spiro atoms. The van der Waals surface area contributed by atoms with Gasteiger partial charge in [-0.2, -0.15) is 0 Å². The normalized spacial score (nSPS) is 11.8. The molecule has 0 saturated carbocycles. The lowest BCUT2D eigenvalue weighted by Gasteiger charge is -2.16. The number of rotatable bonds is 13. The number of hydrogen-bond donors (Lipinski definition) is 0. The van der Waals surface area contributed by atoms with E-state index < -0.39 is 0 Å². The summed E-state index contributed by atoms with van der Waals surface area (Å²) >= 11 is 6.54. The van der Waals surface area contributed by atoms with E-state index in [9.17, 15) is 9.59 Å². The topological polar surface area (TPSA) is 93.8 Å². The van der Waals surface area contributed by atoms with Crippen molar-refractivity contribution in [2.75, 3.05) is 21.3 Å². The van der Waals surface area contributed by atoms with Crippen molar-refractivity contribution in [3.63, 3.8) is 0 Å². The van der Waals surface area contributed by atoms with Crippen molar-refractivity contribution in [3.05, 3.63) is 82.1 Å². The number of nitrogens with zero attached hydrogens (tertiary/aromatic N) is 3. The highest BCUT2D eigenvalue weighted by Crippen LogP contribution is 2.38. The van der Waals surface area contributed by atoms with Crippen LogP contribution in [0.25, 0.3) is 11.0 Å². The Morgan fingerprint density at radius 1 is 0.976 bits per heavy atom. The Kier molecular flexibility index (Phi) is 9.89. The number of halogens is 1. The number of imidazole rings is 1. The van der Waals surface area contributed by atoms with Gasteiger partial charge in [-0.3, -0.25) is 9.59 Å². The van der Waals surface area contributed by atoms with E-state index in [0.717, 1.165) is 22.2 Å². The minimum absolute atomic E-state index is 0.0205. The van der Waals surface area contributed by atoms with Crippen molar-refractivity contribution in [3.8, 4) is 17.2 Å². The molecule has 1 atom stereocenters. The third-order valence-electron chi connectivity index (χ3n) is 7.13. The molecule has 0 aliphatic heterocycles. The van der Waals surface area contributed by atoms with Crippen LogP contribution >= 0.6 is 11.6 Å². The number of carbonyl (C=O) groups excluding carboxylic acids is 2. The Labute approximate surface area is 245 Å². The van der Waals surface area contributed by atoms with Crippen molar-refractivity contribution < 1.29 is 23.8 Å². The second-order valence-corrected chi connectivity index (χ2v) is 10.4. The molecular weight excluding hydrogens is 542 g/mol. The van der Waals surface area contributed by atoms with Crippen LogP contribution in [0.1, 0.15) is 54.0 Å². The number of amides is 1. The molecule has 0 aliphatic rings. The highest BCUT2D eigenvalue weighted by molar-refractivity contribution is 6.33. The molecule has 215 valence electrons. The fourth-order valence-electron chi connectivity index (χ4n) is 4.89. The zero-order chi connectivity index (χ0) is 29.5. The van der Waals surface area contributed by atoms with Gasteiger partial charge in [0.15, 0.2) is 17.3 Å². The van der Waals surface area contributed by atoms with Gasteiger partial charge in [-0.15, -0.1) is 0 Å².